The normalized spacial score (nSPS) is 35.2. The Hall–Kier alpha value is -3.62. The highest BCUT2D eigenvalue weighted by molar-refractivity contribution is 5.82. The summed E-state index contributed by atoms with van der Waals surface area (Å²) < 4.78 is 14.2. The number of anilines is 2. The largest absolute Gasteiger partial charge is 0.394 e. The molecule has 18 heteroatoms. The number of nitrogens with zero attached hydrogens (tertiary/aromatic N) is 8. The van der Waals surface area contributed by atoms with Gasteiger partial charge in [0.05, 0.1) is 25.9 Å². The summed E-state index contributed by atoms with van der Waals surface area (Å²) in [7, 11) is 0. The molecule has 18 nitrogen and oxygen atoms in total. The van der Waals surface area contributed by atoms with Crippen molar-refractivity contribution >= 4 is 34.0 Å². The highest BCUT2D eigenvalue weighted by Gasteiger charge is 2.61. The van der Waals surface area contributed by atoms with Gasteiger partial charge in [-0.25, -0.2) is 29.9 Å². The van der Waals surface area contributed by atoms with Crippen LogP contribution in [0.2, 0.25) is 0 Å². The molecule has 0 aromatic carbocycles. The van der Waals surface area contributed by atoms with Crippen LogP contribution in [-0.4, -0.2) is 119 Å². The predicted octanol–water partition coefficient (Wildman–Crippen LogP) is -3.22. The molecule has 0 spiro atoms. The van der Waals surface area contributed by atoms with Crippen molar-refractivity contribution in [2.75, 3.05) is 24.7 Å². The number of nitrogens with two attached hydrogens (primary N) is 2. The lowest BCUT2D eigenvalue weighted by Crippen LogP contribution is -2.53. The molecule has 2 aliphatic heterocycles. The zero-order chi connectivity index (χ0) is 29.9. The summed E-state index contributed by atoms with van der Waals surface area (Å²) >= 11 is 0. The molecule has 10 N–H and O–H groups in total. The Labute approximate surface area is 231 Å². The quantitative estimate of drug-likeness (QED) is 0.119. The number of aliphatic hydroxyl groups excluding tert-OH is 5. The first-order chi connectivity index (χ1) is 19.3. The molecule has 4 aromatic rings. The minimum Gasteiger partial charge on any atom is -0.394 e. The van der Waals surface area contributed by atoms with Crippen molar-refractivity contribution in [2.24, 2.45) is 0 Å². The van der Waals surface area contributed by atoms with Crippen LogP contribution < -0.4 is 11.5 Å². The average molecular weight is 577 g/mol. The van der Waals surface area contributed by atoms with Crippen LogP contribution in [0.25, 0.3) is 22.3 Å². The number of rotatable bonds is 4. The van der Waals surface area contributed by atoms with Gasteiger partial charge in [0.1, 0.15) is 59.8 Å². The molecule has 0 bridgehead atoms. The van der Waals surface area contributed by atoms with Gasteiger partial charge >= 0.3 is 0 Å². The van der Waals surface area contributed by atoms with Gasteiger partial charge in [-0.15, -0.1) is 0 Å². The summed E-state index contributed by atoms with van der Waals surface area (Å²) in [6.45, 7) is 3.78. The van der Waals surface area contributed by atoms with Gasteiger partial charge in [-0.1, -0.05) is 0 Å². The highest BCUT2D eigenvalue weighted by atomic mass is 16.6. The third-order valence-electron chi connectivity index (χ3n) is 7.91. The Balaban J connectivity index is 0.000000165. The van der Waals surface area contributed by atoms with Crippen LogP contribution >= 0.6 is 0 Å². The molecule has 4 aromatic heterocycles. The average Bonchev–Trinajstić information content (AvgIpc) is 3.68. The standard InChI is InChI=1S/C12H17N5O4.C11H15N5O4/c1-11(20)8(19)6(3-18)21-12(11,2)17-5-16-7-9(13)14-4-15-10(7)17;1-11(8(19)7(18)5(2-17)20-11)16-4-15-6-9(12)13-3-14-10(6)16/h4-6,8,18-20H,3H2,1-2H3,(H2,13,14,15);3-5,7-8,17-19H,2H2,1H3,(H2,12,13,14)/t6-,8?,11+,12-;5-,7?,8+,11-/m11/s1. The van der Waals surface area contributed by atoms with Crippen molar-refractivity contribution in [2.45, 2.75) is 68.3 Å². The molecule has 8 atom stereocenters. The number of aliphatic hydroxyl groups is 6. The van der Waals surface area contributed by atoms with E-state index in [9.17, 15) is 30.6 Å². The Morgan fingerprint density at radius 1 is 0.756 bits per heavy atom. The van der Waals surface area contributed by atoms with Crippen molar-refractivity contribution in [3.05, 3.63) is 25.3 Å². The maximum atomic E-state index is 10.7. The first-order valence-electron chi connectivity index (χ1n) is 12.5. The lowest BCUT2D eigenvalue weighted by atomic mass is 9.88. The second-order valence-electron chi connectivity index (χ2n) is 10.3. The fraction of sp³-hybridized carbons (Fsp3) is 0.565. The van der Waals surface area contributed by atoms with E-state index in [1.54, 1.807) is 13.8 Å². The summed E-state index contributed by atoms with van der Waals surface area (Å²) in [5.41, 5.74) is 8.63. The third-order valence-corrected chi connectivity index (χ3v) is 7.91. The number of hydrogen-bond donors (Lipinski definition) is 8. The maximum absolute atomic E-state index is 10.7. The SMILES string of the molecule is C[C@@]1(n2cnc3c(N)ncnc32)O[C@H](CO)C(O)[C@@H]1O.C[C@]1(O)C(O)[C@@H](CO)O[C@@]1(C)n1cnc2c(N)ncnc21. The highest BCUT2D eigenvalue weighted by Crippen LogP contribution is 2.44. The van der Waals surface area contributed by atoms with Gasteiger partial charge in [0.15, 0.2) is 34.4 Å². The molecule has 222 valence electrons. The van der Waals surface area contributed by atoms with E-state index in [4.69, 9.17) is 20.9 Å². The van der Waals surface area contributed by atoms with Gasteiger partial charge in [-0.3, -0.25) is 9.13 Å². The lowest BCUT2D eigenvalue weighted by Gasteiger charge is -2.37. The van der Waals surface area contributed by atoms with Crippen molar-refractivity contribution in [1.29, 1.82) is 0 Å². The fourth-order valence-electron chi connectivity index (χ4n) is 5.21. The van der Waals surface area contributed by atoms with Gasteiger partial charge < -0.3 is 51.6 Å². The van der Waals surface area contributed by atoms with Crippen LogP contribution in [-0.2, 0) is 20.9 Å². The lowest BCUT2D eigenvalue weighted by molar-refractivity contribution is -0.174. The van der Waals surface area contributed by atoms with Crippen LogP contribution in [0.4, 0.5) is 11.6 Å². The number of imidazole rings is 2. The topological polar surface area (TPSA) is 279 Å². The van der Waals surface area contributed by atoms with Crippen molar-refractivity contribution in [3.63, 3.8) is 0 Å². The van der Waals surface area contributed by atoms with Gasteiger partial charge in [0.2, 0.25) is 0 Å². The van der Waals surface area contributed by atoms with Crippen LogP contribution in [0.15, 0.2) is 25.3 Å². The third kappa shape index (κ3) is 4.18. The molecular formula is C23H32N10O8. The summed E-state index contributed by atoms with van der Waals surface area (Å²) in [5, 5.41) is 59.4. The number of fused-ring (bicyclic) bond motifs is 2. The number of ether oxygens (including phenoxy) is 2. The van der Waals surface area contributed by atoms with E-state index in [0.29, 0.717) is 22.3 Å². The minimum absolute atomic E-state index is 0.208. The van der Waals surface area contributed by atoms with Gasteiger partial charge in [-0.2, -0.15) is 0 Å². The molecule has 2 unspecified atom stereocenters. The Kier molecular flexibility index (Phi) is 7.07. The molecule has 2 saturated heterocycles. The molecule has 2 fully saturated rings. The maximum Gasteiger partial charge on any atom is 0.176 e. The molecule has 0 radical (unpaired) electrons. The first-order valence-corrected chi connectivity index (χ1v) is 12.5. The van der Waals surface area contributed by atoms with E-state index in [1.807, 2.05) is 0 Å². The molecular weight excluding hydrogens is 544 g/mol. The van der Waals surface area contributed by atoms with Crippen LogP contribution in [0.1, 0.15) is 20.8 Å². The minimum atomic E-state index is -1.66. The molecule has 0 saturated carbocycles. The van der Waals surface area contributed by atoms with E-state index in [0.717, 1.165) is 0 Å². The summed E-state index contributed by atoms with van der Waals surface area (Å²) in [5.74, 6) is 0.420. The smallest absolute Gasteiger partial charge is 0.176 e. The molecule has 0 amide bonds. The van der Waals surface area contributed by atoms with Gasteiger partial charge in [0, 0.05) is 0 Å². The number of aromatic nitrogens is 8. The summed E-state index contributed by atoms with van der Waals surface area (Å²) in [6.07, 6.45) is -0.127. The second kappa shape index (κ2) is 10.0. The molecule has 41 heavy (non-hydrogen) atoms. The monoisotopic (exact) mass is 576 g/mol. The van der Waals surface area contributed by atoms with E-state index in [1.165, 1.54) is 41.4 Å². The predicted molar refractivity (Wildman–Crippen MR) is 139 cm³/mol. The number of nitrogen functional groups attached to an aromatic ring is 2. The van der Waals surface area contributed by atoms with Crippen molar-refractivity contribution < 1.29 is 40.1 Å². The fourth-order valence-corrected chi connectivity index (χ4v) is 5.21. The van der Waals surface area contributed by atoms with Crippen LogP contribution in [0, 0.1) is 0 Å². The molecule has 0 aliphatic carbocycles. The summed E-state index contributed by atoms with van der Waals surface area (Å²) in [6, 6.07) is 0. The first kappa shape index (κ1) is 28.9. The van der Waals surface area contributed by atoms with Crippen molar-refractivity contribution in [3.8, 4) is 0 Å². The molecule has 6 rings (SSSR count). The van der Waals surface area contributed by atoms with E-state index in [-0.39, 0.29) is 11.6 Å². The van der Waals surface area contributed by atoms with Crippen LogP contribution in [0.3, 0.4) is 0 Å². The van der Waals surface area contributed by atoms with Crippen molar-refractivity contribution in [1.82, 2.24) is 39.0 Å². The zero-order valence-corrected chi connectivity index (χ0v) is 22.3. The van der Waals surface area contributed by atoms with E-state index >= 15 is 0 Å². The Morgan fingerprint density at radius 3 is 1.76 bits per heavy atom. The Bertz CT molecular complexity index is 1560. The molecule has 2 aliphatic rings. The summed E-state index contributed by atoms with van der Waals surface area (Å²) in [4.78, 5) is 24.1. The van der Waals surface area contributed by atoms with Crippen LogP contribution in [0.5, 0.6) is 0 Å². The van der Waals surface area contributed by atoms with E-state index in [2.05, 4.69) is 29.9 Å². The van der Waals surface area contributed by atoms with Gasteiger partial charge in [-0.05, 0) is 20.8 Å². The molecule has 6 heterocycles. The van der Waals surface area contributed by atoms with Gasteiger partial charge in [0.25, 0.3) is 0 Å². The Morgan fingerprint density at radius 2 is 1.27 bits per heavy atom. The zero-order valence-electron chi connectivity index (χ0n) is 22.3. The number of hydrogen-bond acceptors (Lipinski definition) is 16. The second-order valence-corrected chi connectivity index (χ2v) is 10.3. The van der Waals surface area contributed by atoms with E-state index < -0.39 is 60.8 Å².